The van der Waals surface area contributed by atoms with Crippen LogP contribution < -0.4 is 0 Å². The van der Waals surface area contributed by atoms with Crippen LogP contribution in [0.3, 0.4) is 0 Å². The van der Waals surface area contributed by atoms with E-state index in [1.165, 1.54) is 12.0 Å². The molecule has 2 saturated heterocycles. The van der Waals surface area contributed by atoms with Crippen molar-refractivity contribution in [2.45, 2.75) is 50.6 Å². The van der Waals surface area contributed by atoms with Gasteiger partial charge in [-0.25, -0.2) is 9.78 Å². The molecule has 3 rings (SSSR count). The Balaban J connectivity index is 1.84. The highest BCUT2D eigenvalue weighted by Gasteiger charge is 2.47. The van der Waals surface area contributed by atoms with E-state index in [0.29, 0.717) is 23.7 Å². The lowest BCUT2D eigenvalue weighted by atomic mass is 9.91. The van der Waals surface area contributed by atoms with Crippen LogP contribution >= 0.6 is 11.6 Å². The van der Waals surface area contributed by atoms with Crippen molar-refractivity contribution in [3.63, 3.8) is 0 Å². The SMILES string of the molecule is CCOC(=O)N1[C@@H]2CCC[C@H]1[C@H](c1ccc(Cl)nc1)C2. The predicted molar refractivity (Wildman–Crippen MR) is 76.9 cm³/mol. The van der Waals surface area contributed by atoms with Crippen LogP contribution in [0.1, 0.15) is 44.1 Å². The Kier molecular flexibility index (Phi) is 3.83. The minimum Gasteiger partial charge on any atom is -0.450 e. The number of nitrogens with zero attached hydrogens (tertiary/aromatic N) is 2. The molecule has 0 aromatic carbocycles. The molecule has 0 aliphatic carbocycles. The molecule has 3 atom stereocenters. The number of carbonyl (C=O) groups is 1. The van der Waals surface area contributed by atoms with Crippen LogP contribution in [0.25, 0.3) is 0 Å². The molecule has 0 unspecified atom stereocenters. The van der Waals surface area contributed by atoms with Gasteiger partial charge >= 0.3 is 6.09 Å². The summed E-state index contributed by atoms with van der Waals surface area (Å²) in [6, 6.07) is 4.42. The third-order valence-corrected chi connectivity index (χ3v) is 4.66. The van der Waals surface area contributed by atoms with E-state index in [9.17, 15) is 4.79 Å². The van der Waals surface area contributed by atoms with Gasteiger partial charge < -0.3 is 9.64 Å². The number of hydrogen-bond acceptors (Lipinski definition) is 3. The first-order chi connectivity index (χ1) is 9.70. The maximum absolute atomic E-state index is 12.2. The number of rotatable bonds is 2. The van der Waals surface area contributed by atoms with E-state index < -0.39 is 0 Å². The molecule has 0 spiro atoms. The number of aromatic nitrogens is 1. The predicted octanol–water partition coefficient (Wildman–Crippen LogP) is 3.60. The molecular formula is C15H19ClN2O2. The lowest BCUT2D eigenvalue weighted by Gasteiger charge is -2.34. The van der Waals surface area contributed by atoms with Crippen LogP contribution in [-0.4, -0.2) is 34.7 Å². The largest absolute Gasteiger partial charge is 0.450 e. The van der Waals surface area contributed by atoms with E-state index in [1.54, 1.807) is 0 Å². The number of fused-ring (bicyclic) bond motifs is 2. The molecule has 20 heavy (non-hydrogen) atoms. The lowest BCUT2D eigenvalue weighted by Crippen LogP contribution is -2.45. The van der Waals surface area contributed by atoms with Crippen molar-refractivity contribution in [3.05, 3.63) is 29.0 Å². The summed E-state index contributed by atoms with van der Waals surface area (Å²) in [5.74, 6) is 0.358. The summed E-state index contributed by atoms with van der Waals surface area (Å²) < 4.78 is 5.22. The summed E-state index contributed by atoms with van der Waals surface area (Å²) in [6.07, 6.45) is 5.99. The van der Waals surface area contributed by atoms with Gasteiger partial charge in [0.25, 0.3) is 0 Å². The molecule has 4 nitrogen and oxygen atoms in total. The Morgan fingerprint density at radius 1 is 1.50 bits per heavy atom. The van der Waals surface area contributed by atoms with Crippen molar-refractivity contribution in [2.75, 3.05) is 6.61 Å². The van der Waals surface area contributed by atoms with Gasteiger partial charge in [-0.3, -0.25) is 0 Å². The summed E-state index contributed by atoms with van der Waals surface area (Å²) in [7, 11) is 0. The van der Waals surface area contributed by atoms with Crippen LogP contribution in [0.5, 0.6) is 0 Å². The molecule has 108 valence electrons. The van der Waals surface area contributed by atoms with Crippen LogP contribution in [0.4, 0.5) is 4.79 Å². The van der Waals surface area contributed by atoms with Gasteiger partial charge in [-0.2, -0.15) is 0 Å². The zero-order chi connectivity index (χ0) is 14.1. The molecule has 0 saturated carbocycles. The Morgan fingerprint density at radius 3 is 3.05 bits per heavy atom. The molecule has 1 aromatic heterocycles. The van der Waals surface area contributed by atoms with E-state index in [2.05, 4.69) is 4.98 Å². The standard InChI is InChI=1S/C15H19ClN2O2/c1-2-20-15(19)18-11-4-3-5-13(18)12(8-11)10-6-7-14(16)17-9-10/h6-7,9,11-13H,2-5,8H2,1H3/t11-,12+,13+/m1/s1. The van der Waals surface area contributed by atoms with Crippen molar-refractivity contribution in [3.8, 4) is 0 Å². The second kappa shape index (κ2) is 5.60. The summed E-state index contributed by atoms with van der Waals surface area (Å²) >= 11 is 5.85. The van der Waals surface area contributed by atoms with E-state index in [4.69, 9.17) is 16.3 Å². The molecule has 1 aromatic rings. The minimum absolute atomic E-state index is 0.161. The van der Waals surface area contributed by atoms with Gasteiger partial charge in [-0.15, -0.1) is 0 Å². The molecule has 1 amide bonds. The van der Waals surface area contributed by atoms with E-state index in [-0.39, 0.29) is 12.1 Å². The van der Waals surface area contributed by atoms with Crippen molar-refractivity contribution in [2.24, 2.45) is 0 Å². The van der Waals surface area contributed by atoms with Gasteiger partial charge in [-0.1, -0.05) is 17.7 Å². The smallest absolute Gasteiger partial charge is 0.410 e. The second-order valence-electron chi connectivity index (χ2n) is 5.51. The van der Waals surface area contributed by atoms with Gasteiger partial charge in [0.15, 0.2) is 0 Å². The molecule has 2 aliphatic rings. The summed E-state index contributed by atoms with van der Waals surface area (Å²) in [4.78, 5) is 18.3. The number of hydrogen-bond donors (Lipinski definition) is 0. The Bertz CT molecular complexity index is 491. The molecule has 5 heteroatoms. The first-order valence-electron chi connectivity index (χ1n) is 7.27. The molecule has 2 fully saturated rings. The average molecular weight is 295 g/mol. The van der Waals surface area contributed by atoms with E-state index in [0.717, 1.165) is 19.3 Å². The van der Waals surface area contributed by atoms with Crippen molar-refractivity contribution in [1.82, 2.24) is 9.88 Å². The number of carbonyl (C=O) groups excluding carboxylic acids is 1. The highest BCUT2D eigenvalue weighted by Crippen LogP contribution is 2.45. The normalized spacial score (nSPS) is 28.5. The molecule has 2 aliphatic heterocycles. The van der Waals surface area contributed by atoms with Crippen molar-refractivity contribution in [1.29, 1.82) is 0 Å². The molecule has 3 heterocycles. The van der Waals surface area contributed by atoms with Crippen molar-refractivity contribution < 1.29 is 9.53 Å². The zero-order valence-electron chi connectivity index (χ0n) is 11.6. The van der Waals surface area contributed by atoms with Crippen LogP contribution in [0.15, 0.2) is 18.3 Å². The molecule has 0 radical (unpaired) electrons. The Morgan fingerprint density at radius 2 is 2.35 bits per heavy atom. The maximum atomic E-state index is 12.2. The van der Waals surface area contributed by atoms with Gasteiger partial charge in [0.1, 0.15) is 5.15 Å². The average Bonchev–Trinajstić information content (AvgIpc) is 2.67. The van der Waals surface area contributed by atoms with E-state index in [1.807, 2.05) is 30.2 Å². The van der Waals surface area contributed by atoms with Gasteiger partial charge in [0, 0.05) is 24.2 Å². The van der Waals surface area contributed by atoms with Gasteiger partial charge in [0.2, 0.25) is 0 Å². The zero-order valence-corrected chi connectivity index (χ0v) is 12.3. The summed E-state index contributed by atoms with van der Waals surface area (Å²) in [5, 5.41) is 0.511. The van der Waals surface area contributed by atoms with E-state index >= 15 is 0 Å². The number of halogens is 1. The third kappa shape index (κ3) is 2.37. The van der Waals surface area contributed by atoms with Gasteiger partial charge in [-0.05, 0) is 44.2 Å². The number of amides is 1. The monoisotopic (exact) mass is 294 g/mol. The van der Waals surface area contributed by atoms with Crippen LogP contribution in [-0.2, 0) is 4.74 Å². The minimum atomic E-state index is -0.161. The first kappa shape index (κ1) is 13.7. The van der Waals surface area contributed by atoms with Crippen molar-refractivity contribution >= 4 is 17.7 Å². The first-order valence-corrected chi connectivity index (χ1v) is 7.65. The fourth-order valence-corrected chi connectivity index (χ4v) is 3.75. The quantitative estimate of drug-likeness (QED) is 0.783. The Labute approximate surface area is 124 Å². The molecule has 2 bridgehead atoms. The summed E-state index contributed by atoms with van der Waals surface area (Å²) in [5.41, 5.74) is 1.18. The second-order valence-corrected chi connectivity index (χ2v) is 5.90. The number of ether oxygens (including phenoxy) is 1. The van der Waals surface area contributed by atoms with Crippen LogP contribution in [0.2, 0.25) is 5.15 Å². The maximum Gasteiger partial charge on any atom is 0.410 e. The fraction of sp³-hybridized carbons (Fsp3) is 0.600. The number of pyridine rings is 1. The van der Waals surface area contributed by atoms with Gasteiger partial charge in [0.05, 0.1) is 6.61 Å². The molecule has 0 N–H and O–H groups in total. The third-order valence-electron chi connectivity index (χ3n) is 4.44. The fourth-order valence-electron chi connectivity index (χ4n) is 3.64. The lowest BCUT2D eigenvalue weighted by molar-refractivity contribution is 0.0720. The summed E-state index contributed by atoms with van der Waals surface area (Å²) in [6.45, 7) is 2.28. The molecular weight excluding hydrogens is 276 g/mol. The highest BCUT2D eigenvalue weighted by atomic mass is 35.5. The Hall–Kier alpha value is -1.29. The topological polar surface area (TPSA) is 42.4 Å². The number of piperidine rings is 1. The van der Waals surface area contributed by atoms with Crippen LogP contribution in [0, 0.1) is 0 Å². The highest BCUT2D eigenvalue weighted by molar-refractivity contribution is 6.29.